The van der Waals surface area contributed by atoms with E-state index in [1.807, 2.05) is 6.08 Å². The van der Waals surface area contributed by atoms with Crippen molar-refractivity contribution in [1.82, 2.24) is 0 Å². The maximum absolute atomic E-state index is 10.4. The Bertz CT molecular complexity index is 977. The summed E-state index contributed by atoms with van der Waals surface area (Å²) in [7, 11) is 0. The normalized spacial score (nSPS) is 11.5. The number of hydrogen-bond acceptors (Lipinski definition) is 6. The summed E-state index contributed by atoms with van der Waals surface area (Å²) in [5.74, 6) is -0.594. The van der Waals surface area contributed by atoms with Crippen molar-refractivity contribution >= 4 is 18.1 Å². The lowest BCUT2D eigenvalue weighted by molar-refractivity contribution is -0.138. The number of nitrogens with two attached hydrogens (primary N) is 1. The van der Waals surface area contributed by atoms with Crippen molar-refractivity contribution in [2.75, 3.05) is 0 Å². The first-order valence-corrected chi connectivity index (χ1v) is 8.99. The molecule has 0 fully saturated rings. The molecule has 0 aliphatic heterocycles. The van der Waals surface area contributed by atoms with Gasteiger partial charge in [0.15, 0.2) is 0 Å². The van der Waals surface area contributed by atoms with Crippen molar-refractivity contribution in [3.63, 3.8) is 0 Å². The predicted octanol–water partition coefficient (Wildman–Crippen LogP) is 3.32. The summed E-state index contributed by atoms with van der Waals surface area (Å²) in [5.41, 5.74) is 7.75. The van der Waals surface area contributed by atoms with E-state index in [9.17, 15) is 15.0 Å². The third-order valence-electron chi connectivity index (χ3n) is 4.00. The predicted molar refractivity (Wildman–Crippen MR) is 114 cm³/mol. The molecule has 0 aliphatic carbocycles. The Morgan fingerprint density at radius 2 is 1.20 bits per heavy atom. The quantitative estimate of drug-likeness (QED) is 0.355. The van der Waals surface area contributed by atoms with Crippen molar-refractivity contribution in [3.05, 3.63) is 83.4 Å². The van der Waals surface area contributed by atoms with Gasteiger partial charge in [0.2, 0.25) is 0 Å². The fraction of sp³-hybridized carbons (Fsp3) is 0.0870. The van der Waals surface area contributed by atoms with Gasteiger partial charge < -0.3 is 31.3 Å². The second-order valence-corrected chi connectivity index (χ2v) is 6.52. The molecule has 0 aromatic heterocycles. The Hall–Kier alpha value is -3.97. The van der Waals surface area contributed by atoms with Crippen LogP contribution in [0.2, 0.25) is 0 Å². The largest absolute Gasteiger partial charge is 0.508 e. The van der Waals surface area contributed by atoms with Gasteiger partial charge in [0.25, 0.3) is 0 Å². The van der Waals surface area contributed by atoms with Crippen LogP contribution in [0.4, 0.5) is 0 Å². The second-order valence-electron chi connectivity index (χ2n) is 6.52. The SMILES string of the molecule is N[C@@H](Cc1ccc(O)cc1)C(=O)O.Oc1ccc(C=Cc2cc(O)cc(O)c2)cc1. The van der Waals surface area contributed by atoms with Gasteiger partial charge in [0.05, 0.1) is 0 Å². The van der Waals surface area contributed by atoms with E-state index >= 15 is 0 Å². The smallest absolute Gasteiger partial charge is 0.320 e. The Morgan fingerprint density at radius 1 is 0.733 bits per heavy atom. The molecular formula is C23H23NO6. The van der Waals surface area contributed by atoms with Crippen LogP contribution >= 0.6 is 0 Å². The molecule has 0 saturated carbocycles. The zero-order valence-electron chi connectivity index (χ0n) is 16.0. The summed E-state index contributed by atoms with van der Waals surface area (Å²) in [6, 6.07) is 16.5. The number of aromatic hydroxyl groups is 4. The van der Waals surface area contributed by atoms with E-state index in [-0.39, 0.29) is 29.4 Å². The number of carbonyl (C=O) groups is 1. The minimum Gasteiger partial charge on any atom is -0.508 e. The van der Waals surface area contributed by atoms with Crippen LogP contribution in [0, 0.1) is 0 Å². The molecule has 0 unspecified atom stereocenters. The molecule has 7 heteroatoms. The van der Waals surface area contributed by atoms with Crippen molar-refractivity contribution in [3.8, 4) is 23.0 Å². The maximum Gasteiger partial charge on any atom is 0.320 e. The van der Waals surface area contributed by atoms with Gasteiger partial charge >= 0.3 is 5.97 Å². The summed E-state index contributed by atoms with van der Waals surface area (Å²) >= 11 is 0. The van der Waals surface area contributed by atoms with E-state index in [4.69, 9.17) is 21.1 Å². The van der Waals surface area contributed by atoms with Gasteiger partial charge in [-0.3, -0.25) is 4.79 Å². The van der Waals surface area contributed by atoms with Gasteiger partial charge in [0.1, 0.15) is 29.0 Å². The molecule has 0 heterocycles. The van der Waals surface area contributed by atoms with Crippen LogP contribution in [0.3, 0.4) is 0 Å². The third kappa shape index (κ3) is 7.57. The number of rotatable bonds is 5. The molecule has 1 atom stereocenters. The average molecular weight is 409 g/mol. The summed E-state index contributed by atoms with van der Waals surface area (Å²) < 4.78 is 0. The van der Waals surface area contributed by atoms with Gasteiger partial charge in [-0.25, -0.2) is 0 Å². The lowest BCUT2D eigenvalue weighted by Crippen LogP contribution is -2.32. The molecule has 3 aromatic carbocycles. The van der Waals surface area contributed by atoms with Crippen LogP contribution < -0.4 is 5.73 Å². The first kappa shape index (κ1) is 22.3. The van der Waals surface area contributed by atoms with Crippen molar-refractivity contribution in [2.24, 2.45) is 5.73 Å². The third-order valence-corrected chi connectivity index (χ3v) is 4.00. The highest BCUT2D eigenvalue weighted by Gasteiger charge is 2.11. The number of hydrogen-bond donors (Lipinski definition) is 6. The maximum atomic E-state index is 10.4. The van der Waals surface area contributed by atoms with E-state index < -0.39 is 12.0 Å². The van der Waals surface area contributed by atoms with Crippen molar-refractivity contribution in [2.45, 2.75) is 12.5 Å². The molecule has 3 aromatic rings. The summed E-state index contributed by atoms with van der Waals surface area (Å²) in [5, 5.41) is 45.2. The van der Waals surface area contributed by atoms with Gasteiger partial charge in [-0.1, -0.05) is 36.4 Å². The number of aliphatic carboxylic acids is 1. The lowest BCUT2D eigenvalue weighted by atomic mass is 10.1. The molecule has 0 spiro atoms. The monoisotopic (exact) mass is 409 g/mol. The Morgan fingerprint density at radius 3 is 1.70 bits per heavy atom. The molecule has 0 amide bonds. The fourth-order valence-electron chi connectivity index (χ4n) is 2.47. The van der Waals surface area contributed by atoms with E-state index in [0.29, 0.717) is 5.56 Å². The minimum atomic E-state index is -1.02. The van der Waals surface area contributed by atoms with Gasteiger partial charge in [0, 0.05) is 6.07 Å². The van der Waals surface area contributed by atoms with Crippen LogP contribution in [-0.4, -0.2) is 37.5 Å². The Balaban J connectivity index is 0.000000222. The van der Waals surface area contributed by atoms with Crippen LogP contribution in [0.1, 0.15) is 16.7 Å². The molecular weight excluding hydrogens is 386 g/mol. The molecule has 0 saturated heterocycles. The lowest BCUT2D eigenvalue weighted by Gasteiger charge is -2.05. The molecule has 7 N–H and O–H groups in total. The van der Waals surface area contributed by atoms with E-state index in [1.165, 1.54) is 18.2 Å². The second kappa shape index (κ2) is 10.5. The van der Waals surface area contributed by atoms with Gasteiger partial charge in [-0.2, -0.15) is 0 Å². The molecule has 3 rings (SSSR count). The zero-order valence-corrected chi connectivity index (χ0v) is 16.0. The molecule has 0 radical (unpaired) electrons. The number of carboxylic acids is 1. The zero-order chi connectivity index (χ0) is 22.1. The van der Waals surface area contributed by atoms with Crippen molar-refractivity contribution in [1.29, 1.82) is 0 Å². The standard InChI is InChI=1S/C14H12O3.C9H11NO3/c15-12-5-3-10(4-6-12)1-2-11-7-13(16)9-14(17)8-11;10-8(9(12)13)5-6-1-3-7(11)4-2-6/h1-9,15-17H;1-4,8,11H,5,10H2,(H,12,13)/t;8-/m.0/s1. The van der Waals surface area contributed by atoms with Crippen LogP contribution in [0.25, 0.3) is 12.2 Å². The van der Waals surface area contributed by atoms with Crippen LogP contribution in [-0.2, 0) is 11.2 Å². The van der Waals surface area contributed by atoms with Gasteiger partial charge in [-0.05, 0) is 59.5 Å². The number of benzene rings is 3. The number of phenols is 4. The summed E-state index contributed by atoms with van der Waals surface area (Å²) in [6.07, 6.45) is 3.87. The first-order chi connectivity index (χ1) is 14.2. The van der Waals surface area contributed by atoms with E-state index in [1.54, 1.807) is 54.6 Å². The minimum absolute atomic E-state index is 0.0235. The van der Waals surface area contributed by atoms with Crippen LogP contribution in [0.15, 0.2) is 66.7 Å². The van der Waals surface area contributed by atoms with E-state index in [2.05, 4.69) is 0 Å². The number of phenolic OH excluding ortho intramolecular Hbond substituents is 4. The van der Waals surface area contributed by atoms with Crippen LogP contribution in [0.5, 0.6) is 23.0 Å². The highest BCUT2D eigenvalue weighted by Crippen LogP contribution is 2.22. The van der Waals surface area contributed by atoms with Crippen molar-refractivity contribution < 1.29 is 30.3 Å². The summed E-state index contributed by atoms with van der Waals surface area (Å²) in [6.45, 7) is 0. The molecule has 156 valence electrons. The molecule has 30 heavy (non-hydrogen) atoms. The highest BCUT2D eigenvalue weighted by atomic mass is 16.4. The number of carboxylic acid groups (broad SMARTS) is 1. The Kier molecular flexibility index (Phi) is 7.84. The van der Waals surface area contributed by atoms with E-state index in [0.717, 1.165) is 11.1 Å². The summed E-state index contributed by atoms with van der Waals surface area (Å²) in [4.78, 5) is 10.4. The fourth-order valence-corrected chi connectivity index (χ4v) is 2.47. The molecule has 0 aliphatic rings. The Labute approximate surface area is 173 Å². The molecule has 0 bridgehead atoms. The highest BCUT2D eigenvalue weighted by molar-refractivity contribution is 5.73. The average Bonchev–Trinajstić information content (AvgIpc) is 2.69. The molecule has 7 nitrogen and oxygen atoms in total. The van der Waals surface area contributed by atoms with Gasteiger partial charge in [-0.15, -0.1) is 0 Å². The topological polar surface area (TPSA) is 144 Å². The first-order valence-electron chi connectivity index (χ1n) is 8.99.